The van der Waals surface area contributed by atoms with Crippen LogP contribution in [0.25, 0.3) is 0 Å². The number of nitrogens with two attached hydrogens (primary N) is 1. The Morgan fingerprint density at radius 3 is 2.59 bits per heavy atom. The third-order valence-electron chi connectivity index (χ3n) is 4.80. The van der Waals surface area contributed by atoms with Gasteiger partial charge in [-0.1, -0.05) is 13.8 Å². The average Bonchev–Trinajstić information content (AvgIpc) is 2.79. The molecular formula is C14H28N2O. The molecule has 2 fully saturated rings. The minimum Gasteiger partial charge on any atom is -0.381 e. The highest BCUT2D eigenvalue weighted by Crippen LogP contribution is 2.33. The second-order valence-corrected chi connectivity index (χ2v) is 6.34. The van der Waals surface area contributed by atoms with E-state index in [0.717, 1.165) is 44.4 Å². The number of hydrogen-bond donors (Lipinski definition) is 1. The van der Waals surface area contributed by atoms with Crippen LogP contribution in [0.5, 0.6) is 0 Å². The van der Waals surface area contributed by atoms with Crippen molar-refractivity contribution in [2.75, 3.05) is 39.4 Å². The summed E-state index contributed by atoms with van der Waals surface area (Å²) in [6.45, 7) is 11.1. The topological polar surface area (TPSA) is 38.5 Å². The fourth-order valence-corrected chi connectivity index (χ4v) is 3.26. The number of rotatable bonds is 4. The van der Waals surface area contributed by atoms with Crippen LogP contribution >= 0.6 is 0 Å². The number of hydrogen-bond acceptors (Lipinski definition) is 3. The van der Waals surface area contributed by atoms with Gasteiger partial charge in [0.15, 0.2) is 0 Å². The van der Waals surface area contributed by atoms with E-state index in [-0.39, 0.29) is 0 Å². The summed E-state index contributed by atoms with van der Waals surface area (Å²) in [5.74, 6) is 1.72. The summed E-state index contributed by atoms with van der Waals surface area (Å²) >= 11 is 0. The molecule has 2 N–H and O–H groups in total. The molecule has 2 saturated heterocycles. The highest BCUT2D eigenvalue weighted by atomic mass is 16.5. The average molecular weight is 240 g/mol. The normalized spacial score (nSPS) is 30.0. The minimum atomic E-state index is 0.337. The largest absolute Gasteiger partial charge is 0.381 e. The number of nitrogens with zero attached hydrogens (tertiary/aromatic N) is 1. The SMILES string of the molecule is CC(C)C1CCN(CC2(CN)CCOCC2)C1. The van der Waals surface area contributed by atoms with E-state index in [4.69, 9.17) is 10.5 Å². The maximum absolute atomic E-state index is 6.03. The van der Waals surface area contributed by atoms with Crippen LogP contribution in [0.1, 0.15) is 33.1 Å². The second kappa shape index (κ2) is 5.68. The van der Waals surface area contributed by atoms with Gasteiger partial charge in [0.05, 0.1) is 0 Å². The molecule has 0 aromatic carbocycles. The van der Waals surface area contributed by atoms with E-state index in [0.29, 0.717) is 5.41 Å². The number of ether oxygens (including phenoxy) is 1. The Balaban J connectivity index is 1.87. The van der Waals surface area contributed by atoms with Crippen LogP contribution in [0.2, 0.25) is 0 Å². The Bertz CT molecular complexity index is 236. The second-order valence-electron chi connectivity index (χ2n) is 6.34. The van der Waals surface area contributed by atoms with Crippen molar-refractivity contribution in [1.82, 2.24) is 4.90 Å². The Hall–Kier alpha value is -0.120. The Labute approximate surface area is 106 Å². The highest BCUT2D eigenvalue weighted by Gasteiger charge is 2.35. The molecule has 2 aliphatic heterocycles. The van der Waals surface area contributed by atoms with Crippen LogP contribution in [0, 0.1) is 17.3 Å². The summed E-state index contributed by atoms with van der Waals surface area (Å²) in [7, 11) is 0. The van der Waals surface area contributed by atoms with Crippen LogP contribution in [0.15, 0.2) is 0 Å². The summed E-state index contributed by atoms with van der Waals surface area (Å²) in [6.07, 6.45) is 3.66. The third-order valence-corrected chi connectivity index (χ3v) is 4.80. The maximum atomic E-state index is 6.03. The molecule has 3 nitrogen and oxygen atoms in total. The zero-order valence-corrected chi connectivity index (χ0v) is 11.5. The molecule has 2 heterocycles. The van der Waals surface area contributed by atoms with Crippen molar-refractivity contribution in [3.05, 3.63) is 0 Å². The standard InChI is InChI=1S/C14H28N2O/c1-12(2)13-3-6-16(9-13)11-14(10-15)4-7-17-8-5-14/h12-13H,3-11,15H2,1-2H3. The Morgan fingerprint density at radius 2 is 2.06 bits per heavy atom. The quantitative estimate of drug-likeness (QED) is 0.813. The van der Waals surface area contributed by atoms with E-state index in [1.54, 1.807) is 0 Å². The highest BCUT2D eigenvalue weighted by molar-refractivity contribution is 4.89. The summed E-state index contributed by atoms with van der Waals surface area (Å²) in [6, 6.07) is 0. The van der Waals surface area contributed by atoms with Crippen LogP contribution in [-0.2, 0) is 4.74 Å². The van der Waals surface area contributed by atoms with Gasteiger partial charge in [0.2, 0.25) is 0 Å². The zero-order valence-electron chi connectivity index (χ0n) is 11.5. The first-order valence-electron chi connectivity index (χ1n) is 7.15. The first-order valence-corrected chi connectivity index (χ1v) is 7.15. The van der Waals surface area contributed by atoms with Gasteiger partial charge < -0.3 is 15.4 Å². The van der Waals surface area contributed by atoms with Gasteiger partial charge in [-0.15, -0.1) is 0 Å². The fraction of sp³-hybridized carbons (Fsp3) is 1.00. The van der Waals surface area contributed by atoms with E-state index < -0.39 is 0 Å². The van der Waals surface area contributed by atoms with Gasteiger partial charge in [-0.25, -0.2) is 0 Å². The molecule has 2 rings (SSSR count). The predicted molar refractivity (Wildman–Crippen MR) is 70.9 cm³/mol. The molecule has 0 aromatic rings. The lowest BCUT2D eigenvalue weighted by Crippen LogP contribution is -2.45. The van der Waals surface area contributed by atoms with Gasteiger partial charge >= 0.3 is 0 Å². The van der Waals surface area contributed by atoms with Crippen molar-refractivity contribution in [3.63, 3.8) is 0 Å². The van der Waals surface area contributed by atoms with Crippen LogP contribution < -0.4 is 5.73 Å². The summed E-state index contributed by atoms with van der Waals surface area (Å²) < 4.78 is 5.48. The monoisotopic (exact) mass is 240 g/mol. The van der Waals surface area contributed by atoms with Crippen LogP contribution in [0.4, 0.5) is 0 Å². The molecule has 0 saturated carbocycles. The lowest BCUT2D eigenvalue weighted by Gasteiger charge is -2.39. The molecule has 0 bridgehead atoms. The smallest absolute Gasteiger partial charge is 0.0472 e. The summed E-state index contributed by atoms with van der Waals surface area (Å²) in [5.41, 5.74) is 6.37. The molecule has 3 heteroatoms. The van der Waals surface area contributed by atoms with Crippen LogP contribution in [0.3, 0.4) is 0 Å². The van der Waals surface area contributed by atoms with Gasteiger partial charge in [-0.3, -0.25) is 0 Å². The van der Waals surface area contributed by atoms with E-state index in [1.807, 2.05) is 0 Å². The predicted octanol–water partition coefficient (Wildman–Crippen LogP) is 1.72. The van der Waals surface area contributed by atoms with Gasteiger partial charge in [0, 0.05) is 26.3 Å². The molecule has 0 spiro atoms. The van der Waals surface area contributed by atoms with Crippen molar-refractivity contribution in [1.29, 1.82) is 0 Å². The van der Waals surface area contributed by atoms with Gasteiger partial charge in [0.1, 0.15) is 0 Å². The van der Waals surface area contributed by atoms with Gasteiger partial charge in [-0.05, 0) is 49.6 Å². The summed E-state index contributed by atoms with van der Waals surface area (Å²) in [5, 5.41) is 0. The molecule has 0 aliphatic carbocycles. The molecule has 1 atom stereocenters. The van der Waals surface area contributed by atoms with Crippen molar-refractivity contribution < 1.29 is 4.74 Å². The molecular weight excluding hydrogens is 212 g/mol. The first-order chi connectivity index (χ1) is 8.15. The van der Waals surface area contributed by atoms with E-state index in [9.17, 15) is 0 Å². The van der Waals surface area contributed by atoms with E-state index >= 15 is 0 Å². The van der Waals surface area contributed by atoms with E-state index in [1.165, 1.54) is 26.1 Å². The van der Waals surface area contributed by atoms with Crippen molar-refractivity contribution in [2.45, 2.75) is 33.1 Å². The summed E-state index contributed by atoms with van der Waals surface area (Å²) in [4.78, 5) is 2.64. The third kappa shape index (κ3) is 3.21. The van der Waals surface area contributed by atoms with Crippen molar-refractivity contribution >= 4 is 0 Å². The molecule has 2 aliphatic rings. The van der Waals surface area contributed by atoms with Crippen molar-refractivity contribution in [2.24, 2.45) is 23.0 Å². The molecule has 0 amide bonds. The lowest BCUT2D eigenvalue weighted by molar-refractivity contribution is 0.00263. The van der Waals surface area contributed by atoms with E-state index in [2.05, 4.69) is 18.7 Å². The maximum Gasteiger partial charge on any atom is 0.0472 e. The fourth-order valence-electron chi connectivity index (χ4n) is 3.26. The molecule has 0 radical (unpaired) electrons. The molecule has 100 valence electrons. The first kappa shape index (κ1) is 13.3. The Kier molecular flexibility index (Phi) is 4.45. The molecule has 1 unspecified atom stereocenters. The minimum absolute atomic E-state index is 0.337. The van der Waals surface area contributed by atoms with Gasteiger partial charge in [0.25, 0.3) is 0 Å². The zero-order chi connectivity index (χ0) is 12.3. The number of likely N-dealkylation sites (tertiary alicyclic amines) is 1. The Morgan fingerprint density at radius 1 is 1.35 bits per heavy atom. The molecule has 17 heavy (non-hydrogen) atoms. The van der Waals surface area contributed by atoms with Crippen molar-refractivity contribution in [3.8, 4) is 0 Å². The molecule has 0 aromatic heterocycles. The lowest BCUT2D eigenvalue weighted by atomic mass is 9.80. The van der Waals surface area contributed by atoms with Gasteiger partial charge in [-0.2, -0.15) is 0 Å². The van der Waals surface area contributed by atoms with Crippen LogP contribution in [-0.4, -0.2) is 44.3 Å².